The smallest absolute Gasteiger partial charge is 0.241 e. The molecule has 6 nitrogen and oxygen atoms in total. The second-order valence-corrected chi connectivity index (χ2v) is 7.21. The number of fused-ring (bicyclic) bond motifs is 5. The summed E-state index contributed by atoms with van der Waals surface area (Å²) in [5.41, 5.74) is 2.34. The van der Waals surface area contributed by atoms with Gasteiger partial charge in [0.05, 0.1) is 30.6 Å². The monoisotopic (exact) mass is 337 g/mol. The van der Waals surface area contributed by atoms with E-state index in [0.717, 1.165) is 18.4 Å². The van der Waals surface area contributed by atoms with Crippen molar-refractivity contribution in [2.45, 2.75) is 38.5 Å². The fraction of sp³-hybridized carbons (Fsp3) is 0.421. The predicted octanol–water partition coefficient (Wildman–Crippen LogP) is 1.91. The Morgan fingerprint density at radius 1 is 1.04 bits per heavy atom. The maximum Gasteiger partial charge on any atom is 0.241 e. The number of benzene rings is 1. The molecule has 0 radical (unpaired) electrons. The number of aromatic nitrogens is 2. The van der Waals surface area contributed by atoms with Gasteiger partial charge < -0.3 is 4.74 Å². The zero-order chi connectivity index (χ0) is 17.1. The van der Waals surface area contributed by atoms with E-state index in [1.165, 1.54) is 10.5 Å². The van der Waals surface area contributed by atoms with E-state index in [1.807, 2.05) is 13.1 Å². The first-order valence-electron chi connectivity index (χ1n) is 8.74. The predicted molar refractivity (Wildman–Crippen MR) is 89.9 cm³/mol. The van der Waals surface area contributed by atoms with Crippen LogP contribution in [0.15, 0.2) is 36.5 Å². The molecule has 0 spiro atoms. The molecule has 3 fully saturated rings. The number of carbonyl (C=O) groups is 2. The third-order valence-corrected chi connectivity index (χ3v) is 5.61. The summed E-state index contributed by atoms with van der Waals surface area (Å²) < 4.78 is 7.53. The van der Waals surface area contributed by atoms with E-state index >= 15 is 0 Å². The van der Waals surface area contributed by atoms with Crippen LogP contribution >= 0.6 is 0 Å². The molecule has 5 rings (SSSR count). The number of aryl methyl sites for hydroxylation is 1. The van der Waals surface area contributed by atoms with Crippen LogP contribution < -0.4 is 4.90 Å². The van der Waals surface area contributed by atoms with Crippen LogP contribution in [0, 0.1) is 18.8 Å². The molecule has 0 N–H and O–H groups in total. The van der Waals surface area contributed by atoms with Gasteiger partial charge in [-0.1, -0.05) is 29.8 Å². The average Bonchev–Trinajstić information content (AvgIpc) is 3.35. The largest absolute Gasteiger partial charge is 0.373 e. The SMILES string of the molecule is Cc1ccc(Cn2ccc(N3C(=O)[C@@H]4[C@@H](C3=O)[C@H]3CC[C@@H]4O3)n2)cc1. The highest BCUT2D eigenvalue weighted by Crippen LogP contribution is 2.49. The van der Waals surface area contributed by atoms with Gasteiger partial charge in [-0.15, -0.1) is 0 Å². The summed E-state index contributed by atoms with van der Waals surface area (Å²) in [7, 11) is 0. The maximum atomic E-state index is 12.8. The standard InChI is InChI=1S/C19H19N3O3/c1-11-2-4-12(5-3-11)10-21-9-8-15(20-21)22-18(23)16-13-6-7-14(25-13)17(16)19(22)24/h2-5,8-9,13-14,16-17H,6-7,10H2,1H3/t13-,14+,16-,17-/m0/s1. The Hall–Kier alpha value is -2.47. The van der Waals surface area contributed by atoms with Crippen LogP contribution in [0.5, 0.6) is 0 Å². The highest BCUT2D eigenvalue weighted by atomic mass is 16.5. The van der Waals surface area contributed by atoms with Gasteiger partial charge in [-0.2, -0.15) is 5.10 Å². The van der Waals surface area contributed by atoms with Crippen molar-refractivity contribution >= 4 is 17.6 Å². The van der Waals surface area contributed by atoms with E-state index in [-0.39, 0.29) is 35.9 Å². The summed E-state index contributed by atoms with van der Waals surface area (Å²) in [5.74, 6) is -0.497. The zero-order valence-electron chi connectivity index (χ0n) is 14.0. The van der Waals surface area contributed by atoms with E-state index < -0.39 is 0 Å². The van der Waals surface area contributed by atoms with Crippen molar-refractivity contribution in [3.8, 4) is 0 Å². The lowest BCUT2D eigenvalue weighted by molar-refractivity contribution is -0.124. The molecule has 0 unspecified atom stereocenters. The van der Waals surface area contributed by atoms with Gasteiger partial charge in [0, 0.05) is 12.3 Å². The third-order valence-electron chi connectivity index (χ3n) is 5.61. The normalized spacial score (nSPS) is 30.4. The lowest BCUT2D eigenvalue weighted by Gasteiger charge is -2.15. The van der Waals surface area contributed by atoms with Crippen molar-refractivity contribution in [2.75, 3.05) is 4.90 Å². The Kier molecular flexibility index (Phi) is 3.12. The lowest BCUT2D eigenvalue weighted by atomic mass is 9.81. The second-order valence-electron chi connectivity index (χ2n) is 7.21. The minimum Gasteiger partial charge on any atom is -0.373 e. The zero-order valence-corrected chi connectivity index (χ0v) is 14.0. The summed E-state index contributed by atoms with van der Waals surface area (Å²) in [6, 6.07) is 9.98. The molecule has 1 aromatic heterocycles. The van der Waals surface area contributed by atoms with Crippen molar-refractivity contribution in [3.05, 3.63) is 47.7 Å². The molecular weight excluding hydrogens is 318 g/mol. The van der Waals surface area contributed by atoms with Crippen molar-refractivity contribution in [3.63, 3.8) is 0 Å². The Bertz CT molecular complexity index is 829. The first-order valence-corrected chi connectivity index (χ1v) is 8.74. The maximum absolute atomic E-state index is 12.8. The Balaban J connectivity index is 1.39. The number of anilines is 1. The van der Waals surface area contributed by atoms with Gasteiger partial charge in [0.2, 0.25) is 11.8 Å². The van der Waals surface area contributed by atoms with Gasteiger partial charge >= 0.3 is 0 Å². The molecule has 2 bridgehead atoms. The molecule has 2 aromatic rings. The second kappa shape index (κ2) is 5.26. The van der Waals surface area contributed by atoms with Gasteiger partial charge in [-0.05, 0) is 25.3 Å². The lowest BCUT2D eigenvalue weighted by Crippen LogP contribution is -2.34. The molecule has 0 saturated carbocycles. The van der Waals surface area contributed by atoms with Crippen LogP contribution in [-0.4, -0.2) is 33.8 Å². The van der Waals surface area contributed by atoms with Crippen LogP contribution in [-0.2, 0) is 20.9 Å². The molecule has 25 heavy (non-hydrogen) atoms. The van der Waals surface area contributed by atoms with Crippen molar-refractivity contribution < 1.29 is 14.3 Å². The average molecular weight is 337 g/mol. The fourth-order valence-electron chi connectivity index (χ4n) is 4.38. The van der Waals surface area contributed by atoms with Gasteiger partial charge in [0.1, 0.15) is 0 Å². The molecule has 3 aliphatic rings. The molecule has 2 amide bonds. The molecule has 4 atom stereocenters. The van der Waals surface area contributed by atoms with Crippen LogP contribution in [0.1, 0.15) is 24.0 Å². The van der Waals surface area contributed by atoms with Crippen LogP contribution in [0.4, 0.5) is 5.82 Å². The number of amides is 2. The molecule has 128 valence electrons. The quantitative estimate of drug-likeness (QED) is 0.803. The van der Waals surface area contributed by atoms with E-state index in [0.29, 0.717) is 12.4 Å². The fourth-order valence-corrected chi connectivity index (χ4v) is 4.38. The molecule has 3 saturated heterocycles. The minimum atomic E-state index is -0.312. The van der Waals surface area contributed by atoms with Gasteiger partial charge in [0.15, 0.2) is 5.82 Å². The number of rotatable bonds is 3. The van der Waals surface area contributed by atoms with E-state index in [2.05, 4.69) is 29.4 Å². The topological polar surface area (TPSA) is 64.4 Å². The molecule has 6 heteroatoms. The van der Waals surface area contributed by atoms with Crippen molar-refractivity contribution in [1.29, 1.82) is 0 Å². The van der Waals surface area contributed by atoms with Crippen molar-refractivity contribution in [1.82, 2.24) is 9.78 Å². The van der Waals surface area contributed by atoms with Gasteiger partial charge in [0.25, 0.3) is 0 Å². The van der Waals surface area contributed by atoms with Gasteiger partial charge in [-0.3, -0.25) is 14.3 Å². The number of hydrogen-bond acceptors (Lipinski definition) is 4. The van der Waals surface area contributed by atoms with Gasteiger partial charge in [-0.25, -0.2) is 4.90 Å². The molecule has 0 aliphatic carbocycles. The Labute approximate surface area is 145 Å². The highest BCUT2D eigenvalue weighted by molar-refractivity contribution is 6.22. The first-order chi connectivity index (χ1) is 12.1. The van der Waals surface area contributed by atoms with Crippen LogP contribution in [0.3, 0.4) is 0 Å². The van der Waals surface area contributed by atoms with E-state index in [9.17, 15) is 9.59 Å². The third kappa shape index (κ3) is 2.17. The van der Waals surface area contributed by atoms with Crippen LogP contribution in [0.25, 0.3) is 0 Å². The van der Waals surface area contributed by atoms with E-state index in [4.69, 9.17) is 4.74 Å². The van der Waals surface area contributed by atoms with E-state index in [1.54, 1.807) is 10.7 Å². The number of imide groups is 1. The summed E-state index contributed by atoms with van der Waals surface area (Å²) in [5, 5.41) is 4.47. The highest BCUT2D eigenvalue weighted by Gasteiger charge is 2.63. The van der Waals surface area contributed by atoms with Crippen LogP contribution in [0.2, 0.25) is 0 Å². The first kappa shape index (κ1) is 14.8. The number of ether oxygens (including phenoxy) is 1. The Morgan fingerprint density at radius 2 is 1.68 bits per heavy atom. The molecule has 4 heterocycles. The summed E-state index contributed by atoms with van der Waals surface area (Å²) in [4.78, 5) is 26.8. The molecular formula is C19H19N3O3. The molecule has 3 aliphatic heterocycles. The number of hydrogen-bond donors (Lipinski definition) is 0. The summed E-state index contributed by atoms with van der Waals surface area (Å²) in [6.07, 6.45) is 3.38. The number of carbonyl (C=O) groups excluding carboxylic acids is 2. The van der Waals surface area contributed by atoms with Crippen molar-refractivity contribution in [2.24, 2.45) is 11.8 Å². The Morgan fingerprint density at radius 3 is 2.32 bits per heavy atom. The summed E-state index contributed by atoms with van der Waals surface area (Å²) in [6.45, 7) is 2.66. The molecule has 1 aromatic carbocycles. The summed E-state index contributed by atoms with van der Waals surface area (Å²) >= 11 is 0. The number of nitrogens with zero attached hydrogens (tertiary/aromatic N) is 3. The minimum absolute atomic E-state index is 0.0916.